The summed E-state index contributed by atoms with van der Waals surface area (Å²) < 4.78 is 26.8. The molecular formula is C11H19N5O3S. The van der Waals surface area contributed by atoms with Gasteiger partial charge in [-0.1, -0.05) is 5.21 Å². The highest BCUT2D eigenvalue weighted by Gasteiger charge is 2.39. The largest absolute Gasteiger partial charge is 0.343 e. The number of rotatable bonds is 4. The van der Waals surface area contributed by atoms with E-state index in [1.807, 2.05) is 0 Å². The van der Waals surface area contributed by atoms with Crippen molar-refractivity contribution in [2.75, 3.05) is 27.2 Å². The third kappa shape index (κ3) is 2.55. The molecule has 0 spiro atoms. The lowest BCUT2D eigenvalue weighted by atomic mass is 10.2. The zero-order valence-electron chi connectivity index (χ0n) is 12.0. The Bertz CT molecular complexity index is 601. The second-order valence-electron chi connectivity index (χ2n) is 5.35. The predicted octanol–water partition coefficient (Wildman–Crippen LogP) is -0.425. The van der Waals surface area contributed by atoms with E-state index >= 15 is 0 Å². The van der Waals surface area contributed by atoms with Crippen LogP contribution in [-0.2, 0) is 10.0 Å². The maximum Gasteiger partial charge on any atom is 0.275 e. The Morgan fingerprint density at radius 2 is 2.00 bits per heavy atom. The van der Waals surface area contributed by atoms with Gasteiger partial charge in [0.2, 0.25) is 10.0 Å². The summed E-state index contributed by atoms with van der Waals surface area (Å²) in [6.07, 6.45) is 1.56. The van der Waals surface area contributed by atoms with Crippen molar-refractivity contribution in [2.24, 2.45) is 0 Å². The second kappa shape index (κ2) is 5.13. The smallest absolute Gasteiger partial charge is 0.275 e. The average Bonchev–Trinajstić information content (AvgIpc) is 2.74. The maximum atomic E-state index is 11.9. The highest BCUT2D eigenvalue weighted by Crippen LogP contribution is 2.25. The molecule has 1 aromatic heterocycles. The van der Waals surface area contributed by atoms with E-state index in [2.05, 4.69) is 10.3 Å². The van der Waals surface area contributed by atoms with Gasteiger partial charge in [-0.25, -0.2) is 13.1 Å². The van der Waals surface area contributed by atoms with E-state index in [0.717, 1.165) is 0 Å². The lowest BCUT2D eigenvalue weighted by Gasteiger charge is -2.38. The summed E-state index contributed by atoms with van der Waals surface area (Å²) in [6, 6.07) is -0.0558. The average molecular weight is 301 g/mol. The molecule has 1 amide bonds. The summed E-state index contributed by atoms with van der Waals surface area (Å²) in [5.41, 5.74) is 0.264. The Balaban J connectivity index is 2.02. The van der Waals surface area contributed by atoms with Gasteiger partial charge >= 0.3 is 0 Å². The number of hydrogen-bond acceptors (Lipinski definition) is 5. The number of aromatic nitrogens is 3. The standard InChI is InChI=1S/C11H19N5O3S/c1-8(2)20(18,19)15-5-9(6-15)16-7-10(12-13-16)11(17)14(3)4/h7-9H,5-6H2,1-4H3. The molecule has 0 radical (unpaired) electrons. The van der Waals surface area contributed by atoms with E-state index in [-0.39, 0.29) is 17.6 Å². The molecule has 1 saturated heterocycles. The van der Waals surface area contributed by atoms with Crippen LogP contribution in [-0.4, -0.2) is 71.0 Å². The van der Waals surface area contributed by atoms with Gasteiger partial charge in [-0.3, -0.25) is 4.79 Å². The highest BCUT2D eigenvalue weighted by molar-refractivity contribution is 7.89. The number of hydrogen-bond donors (Lipinski definition) is 0. The van der Waals surface area contributed by atoms with Gasteiger partial charge < -0.3 is 4.90 Å². The van der Waals surface area contributed by atoms with Crippen LogP contribution in [0.2, 0.25) is 0 Å². The van der Waals surface area contributed by atoms with Crippen molar-refractivity contribution in [2.45, 2.75) is 25.1 Å². The Kier molecular flexibility index (Phi) is 3.83. The first-order chi connectivity index (χ1) is 9.23. The van der Waals surface area contributed by atoms with Gasteiger partial charge in [0.25, 0.3) is 5.91 Å². The number of sulfonamides is 1. The Labute approximate surface area is 118 Å². The summed E-state index contributed by atoms with van der Waals surface area (Å²) in [6.45, 7) is 4.07. The topological polar surface area (TPSA) is 88.4 Å². The first-order valence-corrected chi connectivity index (χ1v) is 7.86. The third-order valence-corrected chi connectivity index (χ3v) is 5.50. The molecule has 1 aliphatic heterocycles. The molecule has 2 heterocycles. The van der Waals surface area contributed by atoms with E-state index in [9.17, 15) is 13.2 Å². The predicted molar refractivity (Wildman–Crippen MR) is 72.7 cm³/mol. The highest BCUT2D eigenvalue weighted by atomic mass is 32.2. The number of amides is 1. The van der Waals surface area contributed by atoms with Gasteiger partial charge in [0.15, 0.2) is 5.69 Å². The quantitative estimate of drug-likeness (QED) is 0.753. The molecule has 0 unspecified atom stereocenters. The maximum absolute atomic E-state index is 11.9. The zero-order valence-corrected chi connectivity index (χ0v) is 12.8. The molecule has 112 valence electrons. The van der Waals surface area contributed by atoms with Crippen LogP contribution < -0.4 is 0 Å². The van der Waals surface area contributed by atoms with Gasteiger partial charge in [0.1, 0.15) is 0 Å². The van der Waals surface area contributed by atoms with Crippen molar-refractivity contribution < 1.29 is 13.2 Å². The molecule has 8 nitrogen and oxygen atoms in total. The first-order valence-electron chi connectivity index (χ1n) is 6.36. The molecule has 1 fully saturated rings. The van der Waals surface area contributed by atoms with Crippen molar-refractivity contribution in [3.05, 3.63) is 11.9 Å². The fraction of sp³-hybridized carbons (Fsp3) is 0.727. The zero-order chi connectivity index (χ0) is 15.1. The molecule has 0 aromatic carbocycles. The van der Waals surface area contributed by atoms with Crippen LogP contribution in [0.15, 0.2) is 6.20 Å². The van der Waals surface area contributed by atoms with Gasteiger partial charge in [-0.2, -0.15) is 4.31 Å². The SMILES string of the molecule is CC(C)S(=O)(=O)N1CC(n2cc(C(=O)N(C)C)nn2)C1. The minimum absolute atomic E-state index is 0.0558. The second-order valence-corrected chi connectivity index (χ2v) is 7.84. The summed E-state index contributed by atoms with van der Waals surface area (Å²) in [5.74, 6) is -0.220. The van der Waals surface area contributed by atoms with E-state index in [0.29, 0.717) is 13.1 Å². The molecule has 2 rings (SSSR count). The van der Waals surface area contributed by atoms with Gasteiger partial charge in [0, 0.05) is 27.2 Å². The van der Waals surface area contributed by atoms with Crippen LogP contribution in [0.25, 0.3) is 0 Å². The van der Waals surface area contributed by atoms with Crippen molar-refractivity contribution in [1.82, 2.24) is 24.2 Å². The molecule has 0 atom stereocenters. The van der Waals surface area contributed by atoms with Crippen LogP contribution in [0, 0.1) is 0 Å². The molecule has 1 aromatic rings. The van der Waals surface area contributed by atoms with Crippen LogP contribution in [0.3, 0.4) is 0 Å². The Morgan fingerprint density at radius 1 is 1.40 bits per heavy atom. The third-order valence-electron chi connectivity index (χ3n) is 3.29. The van der Waals surface area contributed by atoms with Gasteiger partial charge in [0.05, 0.1) is 17.5 Å². The molecule has 1 aliphatic rings. The van der Waals surface area contributed by atoms with Crippen molar-refractivity contribution in [3.8, 4) is 0 Å². The summed E-state index contributed by atoms with van der Waals surface area (Å²) in [5, 5.41) is 7.29. The summed E-state index contributed by atoms with van der Waals surface area (Å²) in [7, 11) is 0.0736. The lowest BCUT2D eigenvalue weighted by molar-refractivity contribution is 0.0821. The van der Waals surface area contributed by atoms with Crippen LogP contribution in [0.1, 0.15) is 30.4 Å². The minimum Gasteiger partial charge on any atom is -0.343 e. The molecular weight excluding hydrogens is 282 g/mol. The number of nitrogens with zero attached hydrogens (tertiary/aromatic N) is 5. The normalized spacial score (nSPS) is 17.2. The van der Waals surface area contributed by atoms with Gasteiger partial charge in [-0.15, -0.1) is 5.10 Å². The van der Waals surface area contributed by atoms with E-state index in [1.165, 1.54) is 9.21 Å². The fourth-order valence-electron chi connectivity index (χ4n) is 1.87. The van der Waals surface area contributed by atoms with Crippen molar-refractivity contribution >= 4 is 15.9 Å². The van der Waals surface area contributed by atoms with E-state index in [1.54, 1.807) is 38.8 Å². The fourth-order valence-corrected chi connectivity index (χ4v) is 3.23. The first kappa shape index (κ1) is 14.9. The molecule has 20 heavy (non-hydrogen) atoms. The van der Waals surface area contributed by atoms with Crippen LogP contribution in [0.5, 0.6) is 0 Å². The molecule has 0 N–H and O–H groups in total. The van der Waals surface area contributed by atoms with Gasteiger partial charge in [-0.05, 0) is 13.8 Å². The molecule has 0 saturated carbocycles. The summed E-state index contributed by atoms with van der Waals surface area (Å²) >= 11 is 0. The summed E-state index contributed by atoms with van der Waals surface area (Å²) in [4.78, 5) is 13.1. The van der Waals surface area contributed by atoms with Crippen LogP contribution >= 0.6 is 0 Å². The minimum atomic E-state index is -3.21. The molecule has 9 heteroatoms. The van der Waals surface area contributed by atoms with Crippen LogP contribution in [0.4, 0.5) is 0 Å². The van der Waals surface area contributed by atoms with Crippen molar-refractivity contribution in [1.29, 1.82) is 0 Å². The van der Waals surface area contributed by atoms with E-state index in [4.69, 9.17) is 0 Å². The van der Waals surface area contributed by atoms with Crippen molar-refractivity contribution in [3.63, 3.8) is 0 Å². The number of carbonyl (C=O) groups is 1. The monoisotopic (exact) mass is 301 g/mol. The Hall–Kier alpha value is -1.48. The molecule has 0 bridgehead atoms. The van der Waals surface area contributed by atoms with E-state index < -0.39 is 15.3 Å². The number of carbonyl (C=O) groups excluding carboxylic acids is 1. The lowest BCUT2D eigenvalue weighted by Crippen LogP contribution is -2.52. The Morgan fingerprint density at radius 3 is 2.50 bits per heavy atom. The molecule has 0 aliphatic carbocycles.